The van der Waals surface area contributed by atoms with Crippen LogP contribution in [0.3, 0.4) is 0 Å². The lowest BCUT2D eigenvalue weighted by Crippen LogP contribution is -2.50. The van der Waals surface area contributed by atoms with Crippen molar-refractivity contribution in [2.24, 2.45) is 0 Å². The third-order valence-corrected chi connectivity index (χ3v) is 7.51. The minimum Gasteiger partial charge on any atom is -0.493 e. The highest BCUT2D eigenvalue weighted by molar-refractivity contribution is 7.98. The van der Waals surface area contributed by atoms with Crippen LogP contribution in [-0.4, -0.2) is 67.0 Å². The first-order valence-corrected chi connectivity index (χ1v) is 12.8. The Morgan fingerprint density at radius 1 is 0.912 bits per heavy atom. The molecule has 2 amide bonds. The van der Waals surface area contributed by atoms with Gasteiger partial charge in [0.1, 0.15) is 0 Å². The molecule has 1 saturated heterocycles. The summed E-state index contributed by atoms with van der Waals surface area (Å²) in [6.45, 7) is 3.97. The van der Waals surface area contributed by atoms with Gasteiger partial charge in [0.2, 0.25) is 0 Å². The molecule has 0 atom stereocenters. The summed E-state index contributed by atoms with van der Waals surface area (Å²) in [7, 11) is 3.11. The van der Waals surface area contributed by atoms with Gasteiger partial charge in [0.05, 0.1) is 24.9 Å². The van der Waals surface area contributed by atoms with Crippen molar-refractivity contribution in [3.63, 3.8) is 0 Å². The van der Waals surface area contributed by atoms with E-state index in [0.717, 1.165) is 21.3 Å². The average molecular weight is 498 g/mol. The van der Waals surface area contributed by atoms with Crippen molar-refractivity contribution in [2.45, 2.75) is 17.6 Å². The lowest BCUT2D eigenvalue weighted by Gasteiger charge is -2.35. The third-order valence-electron chi connectivity index (χ3n) is 5.64. The largest absolute Gasteiger partial charge is 0.493 e. The predicted molar refractivity (Wildman–Crippen MR) is 134 cm³/mol. The van der Waals surface area contributed by atoms with Crippen LogP contribution in [0.25, 0.3) is 0 Å². The molecule has 0 aliphatic carbocycles. The number of rotatable bonds is 7. The van der Waals surface area contributed by atoms with Crippen molar-refractivity contribution in [2.75, 3.05) is 40.4 Å². The van der Waals surface area contributed by atoms with Gasteiger partial charge in [0, 0.05) is 53.3 Å². The molecule has 0 unspecified atom stereocenters. The molecule has 4 rings (SSSR count). The number of hydrogen-bond donors (Lipinski definition) is 0. The lowest BCUT2D eigenvalue weighted by molar-refractivity contribution is 0.0535. The summed E-state index contributed by atoms with van der Waals surface area (Å²) in [6.07, 6.45) is 0. The summed E-state index contributed by atoms with van der Waals surface area (Å²) in [6, 6.07) is 12.9. The number of carbonyl (C=O) groups excluding carboxylic acids is 2. The average Bonchev–Trinajstić information content (AvgIpc) is 3.31. The number of aryl methyl sites for hydroxylation is 1. The van der Waals surface area contributed by atoms with E-state index in [1.165, 1.54) is 0 Å². The van der Waals surface area contributed by atoms with E-state index in [2.05, 4.69) is 10.4 Å². The zero-order valence-corrected chi connectivity index (χ0v) is 21.1. The first kappa shape index (κ1) is 24.1. The molecule has 3 aromatic rings. The second kappa shape index (κ2) is 10.9. The van der Waals surface area contributed by atoms with E-state index in [1.807, 2.05) is 31.2 Å². The monoisotopic (exact) mass is 497 g/mol. The van der Waals surface area contributed by atoms with Crippen molar-refractivity contribution in [3.05, 3.63) is 69.7 Å². The van der Waals surface area contributed by atoms with Crippen LogP contribution in [0.4, 0.5) is 0 Å². The number of thiazole rings is 1. The summed E-state index contributed by atoms with van der Waals surface area (Å²) in [5.74, 6) is 1.82. The van der Waals surface area contributed by atoms with Gasteiger partial charge >= 0.3 is 0 Å². The molecule has 1 aromatic heterocycles. The number of aromatic nitrogens is 1. The SMILES string of the molecule is COc1ccc(C(=O)N2CCN(C(=O)c3ccc(SCc4csc(C)n4)cc3)CC2)cc1OC. The van der Waals surface area contributed by atoms with Crippen LogP contribution < -0.4 is 9.47 Å². The standard InChI is InChI=1S/C25H27N3O4S2/c1-17-26-20(15-33-17)16-34-21-7-4-18(5-8-21)24(29)27-10-12-28(13-11-27)25(30)19-6-9-22(31-2)23(14-19)32-3/h4-9,14-15H,10-13,16H2,1-3H3. The van der Waals surface area contributed by atoms with Crippen molar-refractivity contribution < 1.29 is 19.1 Å². The van der Waals surface area contributed by atoms with Crippen LogP contribution in [0.1, 0.15) is 31.4 Å². The second-order valence-corrected chi connectivity index (χ2v) is 9.94. The Morgan fingerprint density at radius 2 is 1.50 bits per heavy atom. The van der Waals surface area contributed by atoms with E-state index < -0.39 is 0 Å². The minimum atomic E-state index is -0.0789. The molecule has 0 N–H and O–H groups in total. The molecule has 1 aliphatic heterocycles. The van der Waals surface area contributed by atoms with Gasteiger partial charge in [0.15, 0.2) is 11.5 Å². The number of piperazine rings is 1. The maximum atomic E-state index is 13.0. The fourth-order valence-electron chi connectivity index (χ4n) is 3.77. The normalized spacial score (nSPS) is 13.6. The molecular formula is C25H27N3O4S2. The molecule has 1 aliphatic rings. The van der Waals surface area contributed by atoms with Gasteiger partial charge in [-0.2, -0.15) is 0 Å². The second-order valence-electron chi connectivity index (χ2n) is 7.83. The van der Waals surface area contributed by atoms with Crippen LogP contribution in [0.2, 0.25) is 0 Å². The summed E-state index contributed by atoms with van der Waals surface area (Å²) >= 11 is 3.36. The molecule has 9 heteroatoms. The topological polar surface area (TPSA) is 72.0 Å². The quantitative estimate of drug-likeness (QED) is 0.452. The molecule has 0 spiro atoms. The highest BCUT2D eigenvalue weighted by atomic mass is 32.2. The van der Waals surface area contributed by atoms with E-state index in [4.69, 9.17) is 9.47 Å². The fourth-order valence-corrected chi connectivity index (χ4v) is 5.28. The molecule has 2 heterocycles. The summed E-state index contributed by atoms with van der Waals surface area (Å²) in [5, 5.41) is 3.15. The number of thioether (sulfide) groups is 1. The highest BCUT2D eigenvalue weighted by Gasteiger charge is 2.26. The van der Waals surface area contributed by atoms with Gasteiger partial charge in [-0.3, -0.25) is 9.59 Å². The maximum Gasteiger partial charge on any atom is 0.254 e. The highest BCUT2D eigenvalue weighted by Crippen LogP contribution is 2.28. The lowest BCUT2D eigenvalue weighted by atomic mass is 10.1. The van der Waals surface area contributed by atoms with Gasteiger partial charge < -0.3 is 19.3 Å². The maximum absolute atomic E-state index is 13.0. The van der Waals surface area contributed by atoms with Crippen molar-refractivity contribution in [3.8, 4) is 11.5 Å². The van der Waals surface area contributed by atoms with Crippen LogP contribution in [0.5, 0.6) is 11.5 Å². The Bertz CT molecular complexity index is 1160. The Morgan fingerprint density at radius 3 is 2.06 bits per heavy atom. The summed E-state index contributed by atoms with van der Waals surface area (Å²) < 4.78 is 10.5. The zero-order valence-electron chi connectivity index (χ0n) is 19.4. The van der Waals surface area contributed by atoms with Crippen LogP contribution in [0.15, 0.2) is 52.7 Å². The Labute approximate surface area is 207 Å². The van der Waals surface area contributed by atoms with E-state index in [-0.39, 0.29) is 11.8 Å². The van der Waals surface area contributed by atoms with Crippen molar-refractivity contribution >= 4 is 34.9 Å². The third kappa shape index (κ3) is 5.53. The van der Waals surface area contributed by atoms with Gasteiger partial charge in [-0.15, -0.1) is 23.1 Å². The molecule has 0 saturated carbocycles. The first-order valence-electron chi connectivity index (χ1n) is 10.9. The Balaban J connectivity index is 1.31. The number of ether oxygens (including phenoxy) is 2. The minimum absolute atomic E-state index is 0.00936. The molecule has 178 valence electrons. The van der Waals surface area contributed by atoms with E-state index in [0.29, 0.717) is 48.8 Å². The number of nitrogens with zero attached hydrogens (tertiary/aromatic N) is 3. The van der Waals surface area contributed by atoms with Gasteiger partial charge in [0.25, 0.3) is 11.8 Å². The molecule has 34 heavy (non-hydrogen) atoms. The number of hydrogen-bond acceptors (Lipinski definition) is 7. The molecule has 1 fully saturated rings. The fraction of sp³-hybridized carbons (Fsp3) is 0.320. The molecule has 2 aromatic carbocycles. The zero-order chi connectivity index (χ0) is 24.1. The van der Waals surface area contributed by atoms with E-state index >= 15 is 0 Å². The summed E-state index contributed by atoms with van der Waals surface area (Å²) in [4.78, 5) is 35.1. The van der Waals surface area contributed by atoms with Crippen molar-refractivity contribution in [1.82, 2.24) is 14.8 Å². The number of carbonyl (C=O) groups is 2. The van der Waals surface area contributed by atoms with Crippen LogP contribution >= 0.6 is 23.1 Å². The van der Waals surface area contributed by atoms with Gasteiger partial charge in [-0.25, -0.2) is 4.98 Å². The van der Waals surface area contributed by atoms with Crippen LogP contribution in [0, 0.1) is 6.92 Å². The van der Waals surface area contributed by atoms with Gasteiger partial charge in [-0.1, -0.05) is 0 Å². The number of methoxy groups -OCH3 is 2. The van der Waals surface area contributed by atoms with E-state index in [1.54, 1.807) is 65.3 Å². The van der Waals surface area contributed by atoms with Crippen LogP contribution in [-0.2, 0) is 5.75 Å². The predicted octanol–water partition coefficient (Wildman–Crippen LogP) is 4.36. The first-order chi connectivity index (χ1) is 16.5. The van der Waals surface area contributed by atoms with Crippen molar-refractivity contribution in [1.29, 1.82) is 0 Å². The molecule has 0 radical (unpaired) electrons. The number of amides is 2. The Kier molecular flexibility index (Phi) is 7.74. The molecule has 7 nitrogen and oxygen atoms in total. The van der Waals surface area contributed by atoms with E-state index in [9.17, 15) is 9.59 Å². The Hall–Kier alpha value is -3.04. The molecular weight excluding hydrogens is 470 g/mol. The smallest absolute Gasteiger partial charge is 0.254 e. The number of benzene rings is 2. The molecule has 0 bridgehead atoms. The summed E-state index contributed by atoms with van der Waals surface area (Å²) in [5.41, 5.74) is 2.28. The van der Waals surface area contributed by atoms with Gasteiger partial charge in [-0.05, 0) is 49.4 Å².